The Bertz CT molecular complexity index is 373. The zero-order chi connectivity index (χ0) is 11.4. The quantitative estimate of drug-likeness (QED) is 0.727. The fraction of sp³-hybridized carbons (Fsp3) is 0.462. The zero-order valence-electron chi connectivity index (χ0n) is 9.44. The van der Waals surface area contributed by atoms with Crippen LogP contribution in [0, 0.1) is 0 Å². The van der Waals surface area contributed by atoms with E-state index in [1.54, 1.807) is 7.11 Å². The summed E-state index contributed by atoms with van der Waals surface area (Å²) in [5, 5.41) is 0. The van der Waals surface area contributed by atoms with Gasteiger partial charge in [0.15, 0.2) is 0 Å². The summed E-state index contributed by atoms with van der Waals surface area (Å²) < 4.78 is 10.6. The van der Waals surface area contributed by atoms with Gasteiger partial charge in [-0.25, -0.2) is 0 Å². The van der Waals surface area contributed by atoms with E-state index in [1.165, 1.54) is 5.56 Å². The van der Waals surface area contributed by atoms with Gasteiger partial charge in [0.2, 0.25) is 0 Å². The van der Waals surface area contributed by atoms with Gasteiger partial charge in [0.25, 0.3) is 0 Å². The highest BCUT2D eigenvalue weighted by molar-refractivity contribution is 5.65. The number of hydrogen-bond donors (Lipinski definition) is 0. The highest BCUT2D eigenvalue weighted by atomic mass is 16.5. The molecule has 1 aliphatic heterocycles. The molecule has 0 aromatic heterocycles. The van der Waals surface area contributed by atoms with Crippen LogP contribution in [0.15, 0.2) is 18.2 Å². The molecule has 1 aromatic rings. The molecule has 0 fully saturated rings. The van der Waals surface area contributed by atoms with Crippen molar-refractivity contribution in [2.75, 3.05) is 20.3 Å². The van der Waals surface area contributed by atoms with Crippen LogP contribution in [-0.2, 0) is 16.0 Å². The third-order valence-electron chi connectivity index (χ3n) is 2.92. The Morgan fingerprint density at radius 2 is 2.44 bits per heavy atom. The predicted octanol–water partition coefficient (Wildman–Crippen LogP) is 1.94. The maximum Gasteiger partial charge on any atom is 0.127 e. The van der Waals surface area contributed by atoms with E-state index < -0.39 is 0 Å². The summed E-state index contributed by atoms with van der Waals surface area (Å²) in [4.78, 5) is 11.0. The van der Waals surface area contributed by atoms with Crippen LogP contribution in [0.5, 0.6) is 5.75 Å². The first-order valence-corrected chi connectivity index (χ1v) is 5.55. The van der Waals surface area contributed by atoms with Crippen LogP contribution >= 0.6 is 0 Å². The average Bonchev–Trinajstić information content (AvgIpc) is 2.35. The fourth-order valence-electron chi connectivity index (χ4n) is 1.99. The lowest BCUT2D eigenvalue weighted by molar-refractivity contribution is -0.109. The van der Waals surface area contributed by atoms with Crippen LogP contribution in [0.25, 0.3) is 0 Å². The van der Waals surface area contributed by atoms with E-state index in [0.29, 0.717) is 13.2 Å². The van der Waals surface area contributed by atoms with Gasteiger partial charge in [0, 0.05) is 18.6 Å². The van der Waals surface area contributed by atoms with Crippen molar-refractivity contribution in [1.29, 1.82) is 0 Å². The summed E-state index contributed by atoms with van der Waals surface area (Å²) >= 11 is 0. The number of carbonyl (C=O) groups excluding carboxylic acids is 1. The van der Waals surface area contributed by atoms with Gasteiger partial charge in [-0.1, -0.05) is 12.1 Å². The van der Waals surface area contributed by atoms with E-state index in [1.807, 2.05) is 12.1 Å². The summed E-state index contributed by atoms with van der Waals surface area (Å²) in [6.45, 7) is 1.33. The molecular weight excluding hydrogens is 204 g/mol. The minimum absolute atomic E-state index is 0.00811. The molecule has 0 N–H and O–H groups in total. The average molecular weight is 220 g/mol. The number of carbonyl (C=O) groups is 1. The van der Waals surface area contributed by atoms with Gasteiger partial charge in [0.05, 0.1) is 13.2 Å². The Morgan fingerprint density at radius 1 is 1.56 bits per heavy atom. The van der Waals surface area contributed by atoms with Crippen LogP contribution < -0.4 is 4.74 Å². The van der Waals surface area contributed by atoms with Crippen molar-refractivity contribution in [3.8, 4) is 5.75 Å². The Morgan fingerprint density at radius 3 is 3.19 bits per heavy atom. The van der Waals surface area contributed by atoms with Crippen molar-refractivity contribution in [1.82, 2.24) is 0 Å². The number of rotatable bonds is 4. The molecule has 0 radical (unpaired) electrons. The normalized spacial score (nSPS) is 18.7. The Balaban J connectivity index is 2.24. The van der Waals surface area contributed by atoms with Crippen molar-refractivity contribution in [2.24, 2.45) is 0 Å². The molecule has 2 rings (SSSR count). The number of ether oxygens (including phenoxy) is 2. The van der Waals surface area contributed by atoms with Gasteiger partial charge in [0.1, 0.15) is 12.0 Å². The molecule has 16 heavy (non-hydrogen) atoms. The molecule has 0 amide bonds. The van der Waals surface area contributed by atoms with E-state index in [-0.39, 0.29) is 5.92 Å². The molecular formula is C13H16O3. The molecule has 86 valence electrons. The molecule has 3 nitrogen and oxygen atoms in total. The van der Waals surface area contributed by atoms with Crippen LogP contribution in [-0.4, -0.2) is 26.6 Å². The van der Waals surface area contributed by atoms with Crippen molar-refractivity contribution < 1.29 is 14.3 Å². The minimum Gasteiger partial charge on any atom is -0.493 e. The maximum atomic E-state index is 11.0. The zero-order valence-corrected chi connectivity index (χ0v) is 9.44. The second-order valence-corrected chi connectivity index (χ2v) is 3.99. The van der Waals surface area contributed by atoms with Crippen molar-refractivity contribution in [2.45, 2.75) is 18.8 Å². The lowest BCUT2D eigenvalue weighted by Crippen LogP contribution is -2.15. The van der Waals surface area contributed by atoms with E-state index in [0.717, 1.165) is 30.4 Å². The van der Waals surface area contributed by atoms with Crippen LogP contribution in [0.4, 0.5) is 0 Å². The predicted molar refractivity (Wildman–Crippen MR) is 60.9 cm³/mol. The van der Waals surface area contributed by atoms with E-state index >= 15 is 0 Å². The van der Waals surface area contributed by atoms with Gasteiger partial charge in [-0.15, -0.1) is 0 Å². The van der Waals surface area contributed by atoms with Crippen molar-refractivity contribution >= 4 is 6.29 Å². The number of methoxy groups -OCH3 is 1. The lowest BCUT2D eigenvalue weighted by Gasteiger charge is -2.22. The minimum atomic E-state index is -0.00811. The van der Waals surface area contributed by atoms with Crippen molar-refractivity contribution in [3.05, 3.63) is 29.3 Å². The molecule has 1 unspecified atom stereocenters. The Labute approximate surface area is 95.4 Å². The SMILES string of the molecule is COCCc1ccc2c(c1)C(C=O)CCO2. The Hall–Kier alpha value is -1.35. The standard InChI is InChI=1S/C13H16O3/c1-15-6-4-10-2-3-13-12(8-10)11(9-14)5-7-16-13/h2-3,8-9,11H,4-7H2,1H3. The molecule has 1 heterocycles. The summed E-state index contributed by atoms with van der Waals surface area (Å²) in [5.74, 6) is 0.843. The van der Waals surface area contributed by atoms with Crippen LogP contribution in [0.3, 0.4) is 0 Å². The largest absolute Gasteiger partial charge is 0.493 e. The number of aldehydes is 1. The summed E-state index contributed by atoms with van der Waals surface area (Å²) in [7, 11) is 1.69. The molecule has 1 aliphatic rings. The van der Waals surface area contributed by atoms with Gasteiger partial charge in [-0.2, -0.15) is 0 Å². The number of benzene rings is 1. The molecule has 0 bridgehead atoms. The maximum absolute atomic E-state index is 11.0. The van der Waals surface area contributed by atoms with Gasteiger partial charge in [-0.3, -0.25) is 0 Å². The summed E-state index contributed by atoms with van der Waals surface area (Å²) in [5.41, 5.74) is 2.22. The molecule has 0 spiro atoms. The van der Waals surface area contributed by atoms with Crippen molar-refractivity contribution in [3.63, 3.8) is 0 Å². The van der Waals surface area contributed by atoms with E-state index in [9.17, 15) is 4.79 Å². The first-order valence-electron chi connectivity index (χ1n) is 5.55. The summed E-state index contributed by atoms with van der Waals surface area (Å²) in [6, 6.07) is 6.05. The fourth-order valence-corrected chi connectivity index (χ4v) is 1.99. The second-order valence-electron chi connectivity index (χ2n) is 3.99. The third kappa shape index (κ3) is 2.25. The smallest absolute Gasteiger partial charge is 0.127 e. The molecule has 0 saturated carbocycles. The number of fused-ring (bicyclic) bond motifs is 1. The molecule has 0 saturated heterocycles. The highest BCUT2D eigenvalue weighted by Gasteiger charge is 2.20. The van der Waals surface area contributed by atoms with E-state index in [4.69, 9.17) is 9.47 Å². The lowest BCUT2D eigenvalue weighted by atomic mass is 9.92. The molecule has 0 aliphatic carbocycles. The summed E-state index contributed by atoms with van der Waals surface area (Å²) in [6.07, 6.45) is 2.67. The second kappa shape index (κ2) is 5.12. The van der Waals surface area contributed by atoms with Crippen LogP contribution in [0.1, 0.15) is 23.5 Å². The van der Waals surface area contributed by atoms with Crippen LogP contribution in [0.2, 0.25) is 0 Å². The Kier molecular flexibility index (Phi) is 3.57. The topological polar surface area (TPSA) is 35.5 Å². The van der Waals surface area contributed by atoms with Gasteiger partial charge < -0.3 is 14.3 Å². The molecule has 3 heteroatoms. The molecule has 1 aromatic carbocycles. The first kappa shape index (κ1) is 11.1. The monoisotopic (exact) mass is 220 g/mol. The highest BCUT2D eigenvalue weighted by Crippen LogP contribution is 2.33. The first-order chi connectivity index (χ1) is 7.85. The number of hydrogen-bond acceptors (Lipinski definition) is 3. The van der Waals surface area contributed by atoms with Gasteiger partial charge >= 0.3 is 0 Å². The van der Waals surface area contributed by atoms with Gasteiger partial charge in [-0.05, 0) is 24.5 Å². The third-order valence-corrected chi connectivity index (χ3v) is 2.92. The van der Waals surface area contributed by atoms with E-state index in [2.05, 4.69) is 6.07 Å². The molecule has 1 atom stereocenters.